The number of hydrogen-bond donors (Lipinski definition) is 2. The maximum absolute atomic E-state index is 11.8. The van der Waals surface area contributed by atoms with E-state index >= 15 is 0 Å². The van der Waals surface area contributed by atoms with Gasteiger partial charge in [-0.1, -0.05) is 12.1 Å². The van der Waals surface area contributed by atoms with E-state index in [4.69, 9.17) is 5.73 Å². The molecule has 7 heteroatoms. The molecule has 114 valence electrons. The lowest BCUT2D eigenvalue weighted by molar-refractivity contribution is -0.122. The van der Waals surface area contributed by atoms with Crippen LogP contribution in [0, 0.1) is 0 Å². The number of carbonyl (C=O) groups excluding carboxylic acids is 1. The molecule has 1 amide bonds. The van der Waals surface area contributed by atoms with Gasteiger partial charge in [0.2, 0.25) is 5.91 Å². The SMILES string of the molecule is CC(C)(C(=O)NCCc1ccc(N)cc1)S(C)(=O)=O.Cl. The van der Waals surface area contributed by atoms with Crippen LogP contribution in [0.5, 0.6) is 0 Å². The van der Waals surface area contributed by atoms with Gasteiger partial charge in [-0.3, -0.25) is 4.79 Å². The van der Waals surface area contributed by atoms with Crippen LogP contribution in [0.15, 0.2) is 24.3 Å². The summed E-state index contributed by atoms with van der Waals surface area (Å²) in [7, 11) is -3.43. The number of sulfone groups is 1. The summed E-state index contributed by atoms with van der Waals surface area (Å²) in [6.07, 6.45) is 1.69. The van der Waals surface area contributed by atoms with E-state index in [1.165, 1.54) is 13.8 Å². The van der Waals surface area contributed by atoms with Gasteiger partial charge < -0.3 is 11.1 Å². The molecular formula is C13H21ClN2O3S. The zero-order valence-electron chi connectivity index (χ0n) is 11.8. The fraction of sp³-hybridized carbons (Fsp3) is 0.462. The van der Waals surface area contributed by atoms with Crippen LogP contribution >= 0.6 is 12.4 Å². The number of nitrogens with two attached hydrogens (primary N) is 1. The van der Waals surface area contributed by atoms with Crippen LogP contribution < -0.4 is 11.1 Å². The van der Waals surface area contributed by atoms with E-state index in [1.54, 1.807) is 12.1 Å². The van der Waals surface area contributed by atoms with Crippen LogP contribution in [0.1, 0.15) is 19.4 Å². The van der Waals surface area contributed by atoms with Crippen LogP contribution in [-0.4, -0.2) is 31.9 Å². The summed E-state index contributed by atoms with van der Waals surface area (Å²) in [4.78, 5) is 11.8. The number of amides is 1. The average Bonchev–Trinajstić information content (AvgIpc) is 2.30. The first-order valence-electron chi connectivity index (χ1n) is 5.97. The van der Waals surface area contributed by atoms with Crippen LogP contribution in [0.25, 0.3) is 0 Å². The molecule has 0 aliphatic carbocycles. The van der Waals surface area contributed by atoms with Crippen molar-refractivity contribution in [3.63, 3.8) is 0 Å². The zero-order valence-corrected chi connectivity index (χ0v) is 13.5. The first-order valence-corrected chi connectivity index (χ1v) is 7.86. The third-order valence-electron chi connectivity index (χ3n) is 3.15. The first-order chi connectivity index (χ1) is 8.64. The molecule has 0 saturated heterocycles. The summed E-state index contributed by atoms with van der Waals surface area (Å²) in [6.45, 7) is 3.20. The van der Waals surface area contributed by atoms with Gasteiger partial charge in [-0.2, -0.15) is 0 Å². The fourth-order valence-corrected chi connectivity index (χ4v) is 1.79. The minimum Gasteiger partial charge on any atom is -0.399 e. The van der Waals surface area contributed by atoms with Gasteiger partial charge in [-0.25, -0.2) is 8.42 Å². The maximum Gasteiger partial charge on any atom is 0.240 e. The summed E-state index contributed by atoms with van der Waals surface area (Å²) >= 11 is 0. The molecule has 0 aliphatic heterocycles. The normalized spacial score (nSPS) is 11.6. The molecule has 0 saturated carbocycles. The summed E-state index contributed by atoms with van der Waals surface area (Å²) < 4.78 is 21.6. The van der Waals surface area contributed by atoms with E-state index in [0.29, 0.717) is 18.7 Å². The summed E-state index contributed by atoms with van der Waals surface area (Å²) in [5.41, 5.74) is 7.29. The van der Waals surface area contributed by atoms with E-state index in [1.807, 2.05) is 12.1 Å². The van der Waals surface area contributed by atoms with E-state index in [0.717, 1.165) is 11.8 Å². The van der Waals surface area contributed by atoms with Crippen molar-refractivity contribution in [3.05, 3.63) is 29.8 Å². The molecule has 0 fully saturated rings. The van der Waals surface area contributed by atoms with Crippen LogP contribution in [0.4, 0.5) is 5.69 Å². The molecule has 0 unspecified atom stereocenters. The molecule has 3 N–H and O–H groups in total. The van der Waals surface area contributed by atoms with Crippen molar-refractivity contribution in [2.24, 2.45) is 0 Å². The van der Waals surface area contributed by atoms with Gasteiger partial charge in [-0.15, -0.1) is 12.4 Å². The third-order valence-corrected chi connectivity index (χ3v) is 5.19. The number of halogens is 1. The van der Waals surface area contributed by atoms with Crippen molar-refractivity contribution in [3.8, 4) is 0 Å². The quantitative estimate of drug-likeness (QED) is 0.797. The second kappa shape index (κ2) is 6.95. The van der Waals surface area contributed by atoms with E-state index in [2.05, 4.69) is 5.32 Å². The average molecular weight is 321 g/mol. The van der Waals surface area contributed by atoms with Gasteiger partial charge in [0.05, 0.1) is 0 Å². The Morgan fingerprint density at radius 2 is 1.75 bits per heavy atom. The minimum absolute atomic E-state index is 0. The van der Waals surface area contributed by atoms with Crippen molar-refractivity contribution in [1.29, 1.82) is 0 Å². The Kier molecular flexibility index (Phi) is 6.50. The van der Waals surface area contributed by atoms with Gasteiger partial charge in [0.15, 0.2) is 9.84 Å². The van der Waals surface area contributed by atoms with Crippen molar-refractivity contribution in [2.75, 3.05) is 18.5 Å². The largest absolute Gasteiger partial charge is 0.399 e. The molecule has 1 rings (SSSR count). The Balaban J connectivity index is 0.00000361. The van der Waals surface area contributed by atoms with E-state index in [9.17, 15) is 13.2 Å². The Hall–Kier alpha value is -1.27. The first kappa shape index (κ1) is 18.7. The van der Waals surface area contributed by atoms with Crippen molar-refractivity contribution >= 4 is 33.8 Å². The molecule has 20 heavy (non-hydrogen) atoms. The third kappa shape index (κ3) is 4.68. The summed E-state index contributed by atoms with van der Waals surface area (Å²) in [5.74, 6) is -0.481. The number of benzene rings is 1. The topological polar surface area (TPSA) is 89.3 Å². The van der Waals surface area contributed by atoms with Gasteiger partial charge in [0.1, 0.15) is 4.75 Å². The summed E-state index contributed by atoms with van der Waals surface area (Å²) in [6, 6.07) is 7.33. The lowest BCUT2D eigenvalue weighted by Gasteiger charge is -2.21. The number of nitrogen functional groups attached to an aromatic ring is 1. The molecular weight excluding hydrogens is 300 g/mol. The molecule has 0 radical (unpaired) electrons. The smallest absolute Gasteiger partial charge is 0.240 e. The monoisotopic (exact) mass is 320 g/mol. The summed E-state index contributed by atoms with van der Waals surface area (Å²) in [5, 5.41) is 2.64. The number of carbonyl (C=O) groups is 1. The Morgan fingerprint density at radius 3 is 2.20 bits per heavy atom. The molecule has 5 nitrogen and oxygen atoms in total. The van der Waals surface area contributed by atoms with Gasteiger partial charge in [0.25, 0.3) is 0 Å². The molecule has 0 bridgehead atoms. The highest BCUT2D eigenvalue weighted by atomic mass is 35.5. The number of rotatable bonds is 5. The Morgan fingerprint density at radius 1 is 1.25 bits per heavy atom. The lowest BCUT2D eigenvalue weighted by Crippen LogP contribution is -2.48. The minimum atomic E-state index is -3.43. The predicted molar refractivity (Wildman–Crippen MR) is 83.7 cm³/mol. The Bertz CT molecular complexity index is 553. The van der Waals surface area contributed by atoms with Crippen molar-refractivity contribution < 1.29 is 13.2 Å². The maximum atomic E-state index is 11.8. The molecule has 0 heterocycles. The molecule has 1 aromatic carbocycles. The zero-order chi connectivity index (χ0) is 14.7. The molecule has 0 atom stereocenters. The molecule has 1 aromatic rings. The molecule has 0 aromatic heterocycles. The van der Waals surface area contributed by atoms with Gasteiger partial charge >= 0.3 is 0 Å². The highest BCUT2D eigenvalue weighted by Gasteiger charge is 2.37. The molecule has 0 aliphatic rings. The molecule has 0 spiro atoms. The fourth-order valence-electron chi connectivity index (χ4n) is 1.39. The van der Waals surface area contributed by atoms with Gasteiger partial charge in [0, 0.05) is 18.5 Å². The number of nitrogens with one attached hydrogen (secondary N) is 1. The highest BCUT2D eigenvalue weighted by molar-refractivity contribution is 7.92. The Labute approximate surface area is 126 Å². The van der Waals surface area contributed by atoms with Crippen LogP contribution in [0.3, 0.4) is 0 Å². The second-order valence-electron chi connectivity index (χ2n) is 5.03. The lowest BCUT2D eigenvalue weighted by atomic mass is 10.1. The van der Waals surface area contributed by atoms with Crippen LogP contribution in [0.2, 0.25) is 0 Å². The van der Waals surface area contributed by atoms with Crippen LogP contribution in [-0.2, 0) is 21.1 Å². The van der Waals surface area contributed by atoms with E-state index in [-0.39, 0.29) is 12.4 Å². The number of anilines is 1. The number of hydrogen-bond acceptors (Lipinski definition) is 4. The highest BCUT2D eigenvalue weighted by Crippen LogP contribution is 2.15. The van der Waals surface area contributed by atoms with E-state index < -0.39 is 20.5 Å². The predicted octanol–water partition coefficient (Wildman–Crippen LogP) is 1.17. The van der Waals surface area contributed by atoms with Crippen molar-refractivity contribution in [2.45, 2.75) is 25.0 Å². The van der Waals surface area contributed by atoms with Crippen molar-refractivity contribution in [1.82, 2.24) is 5.32 Å². The standard InChI is InChI=1S/C13H20N2O3S.ClH/c1-13(2,19(3,17)18)12(16)15-9-8-10-4-6-11(14)7-5-10;/h4-7H,8-9,14H2,1-3H3,(H,15,16);1H. The second-order valence-corrected chi connectivity index (χ2v) is 7.59. The van der Waals surface area contributed by atoms with Gasteiger partial charge in [-0.05, 0) is 38.0 Å².